The van der Waals surface area contributed by atoms with Gasteiger partial charge in [0.05, 0.1) is 15.5 Å². The molecule has 0 aliphatic rings. The van der Waals surface area contributed by atoms with Crippen molar-refractivity contribution in [2.75, 3.05) is 10.0 Å². The molecule has 0 unspecified atom stereocenters. The van der Waals surface area contributed by atoms with E-state index in [1.807, 2.05) is 0 Å². The first-order valence-electron chi connectivity index (χ1n) is 9.10. The minimum atomic E-state index is -3.81. The number of carbonyl (C=O) groups excluding carboxylic acids is 1. The summed E-state index contributed by atoms with van der Waals surface area (Å²) < 4.78 is 27.5. The van der Waals surface area contributed by atoms with Crippen molar-refractivity contribution >= 4 is 61.3 Å². The first-order chi connectivity index (χ1) is 15.3. The van der Waals surface area contributed by atoms with Crippen LogP contribution in [0.5, 0.6) is 0 Å². The lowest BCUT2D eigenvalue weighted by molar-refractivity contribution is 0.102. The number of benzene rings is 3. The van der Waals surface area contributed by atoms with Crippen LogP contribution in [-0.4, -0.2) is 24.5 Å². The highest BCUT2D eigenvalue weighted by atomic mass is 35.5. The van der Waals surface area contributed by atoms with E-state index in [2.05, 4.69) is 20.2 Å². The Hall–Kier alpha value is -2.98. The van der Waals surface area contributed by atoms with Crippen LogP contribution in [0.15, 0.2) is 77.7 Å². The summed E-state index contributed by atoms with van der Waals surface area (Å²) >= 11 is 13.3. The van der Waals surface area contributed by atoms with Crippen molar-refractivity contribution in [2.24, 2.45) is 0 Å². The third-order valence-electron chi connectivity index (χ3n) is 4.25. The van der Waals surface area contributed by atoms with Crippen molar-refractivity contribution in [2.45, 2.75) is 4.90 Å². The fraction of sp³-hybridized carbons (Fsp3) is 0. The second-order valence-corrected chi connectivity index (χ2v) is 9.99. The zero-order chi connectivity index (χ0) is 22.7. The zero-order valence-electron chi connectivity index (χ0n) is 16.1. The van der Waals surface area contributed by atoms with Crippen LogP contribution in [0.1, 0.15) is 10.4 Å². The van der Waals surface area contributed by atoms with Gasteiger partial charge in [0, 0.05) is 16.3 Å². The van der Waals surface area contributed by atoms with Gasteiger partial charge in [0.1, 0.15) is 5.01 Å². The summed E-state index contributed by atoms with van der Waals surface area (Å²) in [6, 6.07) is 19.2. The van der Waals surface area contributed by atoms with Gasteiger partial charge >= 0.3 is 0 Å². The van der Waals surface area contributed by atoms with Gasteiger partial charge in [0.25, 0.3) is 15.9 Å². The maximum atomic E-state index is 12.8. The molecule has 4 aromatic rings. The highest BCUT2D eigenvalue weighted by Gasteiger charge is 2.18. The Bertz CT molecular complexity index is 1380. The van der Waals surface area contributed by atoms with Gasteiger partial charge in [-0.3, -0.25) is 14.8 Å². The molecule has 0 aliphatic carbocycles. The highest BCUT2D eigenvalue weighted by molar-refractivity contribution is 7.92. The Morgan fingerprint density at radius 2 is 1.62 bits per heavy atom. The van der Waals surface area contributed by atoms with E-state index in [-0.39, 0.29) is 26.3 Å². The van der Waals surface area contributed by atoms with E-state index in [1.54, 1.807) is 42.5 Å². The number of sulfonamides is 1. The third kappa shape index (κ3) is 5.08. The maximum Gasteiger partial charge on any atom is 0.261 e. The van der Waals surface area contributed by atoms with Gasteiger partial charge in [0.2, 0.25) is 5.13 Å². The first-order valence-corrected chi connectivity index (χ1v) is 12.2. The lowest BCUT2D eigenvalue weighted by Gasteiger charge is -2.10. The van der Waals surface area contributed by atoms with Crippen LogP contribution in [0.25, 0.3) is 10.6 Å². The van der Waals surface area contributed by atoms with Crippen LogP contribution in [0, 0.1) is 0 Å². The predicted octanol–water partition coefficient (Wildman–Crippen LogP) is 5.57. The minimum absolute atomic E-state index is 0.0863. The summed E-state index contributed by atoms with van der Waals surface area (Å²) in [6.07, 6.45) is 0. The maximum absolute atomic E-state index is 12.8. The number of aromatic nitrogens is 2. The van der Waals surface area contributed by atoms with Gasteiger partial charge in [-0.2, -0.15) is 0 Å². The van der Waals surface area contributed by atoms with Gasteiger partial charge in [0.15, 0.2) is 0 Å². The molecule has 0 radical (unpaired) electrons. The summed E-state index contributed by atoms with van der Waals surface area (Å²) in [5.41, 5.74) is 1.09. The first kappa shape index (κ1) is 22.2. The molecule has 0 atom stereocenters. The average Bonchev–Trinajstić information content (AvgIpc) is 3.24. The molecule has 0 aliphatic heterocycles. The second kappa shape index (κ2) is 9.25. The van der Waals surface area contributed by atoms with E-state index >= 15 is 0 Å². The Kier molecular flexibility index (Phi) is 6.43. The average molecular weight is 505 g/mol. The van der Waals surface area contributed by atoms with Gasteiger partial charge in [-0.1, -0.05) is 64.9 Å². The molecule has 7 nitrogen and oxygen atoms in total. The Morgan fingerprint density at radius 1 is 0.906 bits per heavy atom. The number of amides is 1. The van der Waals surface area contributed by atoms with Crippen LogP contribution >= 0.6 is 34.5 Å². The molecule has 0 spiro atoms. The molecule has 0 bridgehead atoms. The number of hydrogen-bond donors (Lipinski definition) is 2. The van der Waals surface area contributed by atoms with Crippen LogP contribution in [0.2, 0.25) is 10.0 Å². The van der Waals surface area contributed by atoms with Crippen molar-refractivity contribution in [1.29, 1.82) is 0 Å². The zero-order valence-corrected chi connectivity index (χ0v) is 19.3. The van der Waals surface area contributed by atoms with Gasteiger partial charge < -0.3 is 0 Å². The molecular weight excluding hydrogens is 491 g/mol. The van der Waals surface area contributed by atoms with E-state index in [1.165, 1.54) is 41.7 Å². The van der Waals surface area contributed by atoms with Crippen LogP contribution < -0.4 is 10.0 Å². The summed E-state index contributed by atoms with van der Waals surface area (Å²) in [5.74, 6) is -0.547. The number of halogens is 2. The largest absolute Gasteiger partial charge is 0.296 e. The number of anilines is 2. The van der Waals surface area contributed by atoms with E-state index in [9.17, 15) is 13.2 Å². The minimum Gasteiger partial charge on any atom is -0.296 e. The summed E-state index contributed by atoms with van der Waals surface area (Å²) in [6.45, 7) is 0. The number of rotatable bonds is 6. The molecule has 3 aromatic carbocycles. The van der Waals surface area contributed by atoms with E-state index < -0.39 is 15.9 Å². The van der Waals surface area contributed by atoms with Crippen molar-refractivity contribution in [3.63, 3.8) is 0 Å². The second-order valence-electron chi connectivity index (χ2n) is 6.49. The molecule has 0 saturated carbocycles. The SMILES string of the molecule is O=C(Nc1nnc(-c2ccc(Cl)cc2)s1)c1cc(NS(=O)(=O)c2ccccc2)ccc1Cl. The molecule has 0 saturated heterocycles. The Labute approximate surface area is 198 Å². The number of nitrogens with one attached hydrogen (secondary N) is 2. The topological polar surface area (TPSA) is 101 Å². The van der Waals surface area contributed by atoms with E-state index in [0.29, 0.717) is 10.0 Å². The monoisotopic (exact) mass is 504 g/mol. The molecule has 2 N–H and O–H groups in total. The standard InChI is InChI=1S/C21H14Cl2N4O3S2/c22-14-8-6-13(7-9-14)20-25-26-21(31-20)24-19(28)17-12-15(10-11-18(17)23)27-32(29,30)16-4-2-1-3-5-16/h1-12,27H,(H,24,26,28). The third-order valence-corrected chi connectivity index (χ3v) is 7.12. The van der Waals surface area contributed by atoms with Crippen molar-refractivity contribution < 1.29 is 13.2 Å². The number of carbonyl (C=O) groups is 1. The van der Waals surface area contributed by atoms with Crippen LogP contribution in [0.3, 0.4) is 0 Å². The van der Waals surface area contributed by atoms with E-state index in [0.717, 1.165) is 5.56 Å². The molecule has 162 valence electrons. The number of hydrogen-bond acceptors (Lipinski definition) is 6. The lowest BCUT2D eigenvalue weighted by Crippen LogP contribution is -2.15. The van der Waals surface area contributed by atoms with Crippen LogP contribution in [-0.2, 0) is 10.0 Å². The Morgan fingerprint density at radius 3 is 2.34 bits per heavy atom. The van der Waals surface area contributed by atoms with Crippen molar-refractivity contribution in [3.05, 3.63) is 88.4 Å². The normalized spacial score (nSPS) is 11.2. The van der Waals surface area contributed by atoms with Crippen LogP contribution in [0.4, 0.5) is 10.8 Å². The molecule has 11 heteroatoms. The van der Waals surface area contributed by atoms with Gasteiger partial charge in [-0.15, -0.1) is 10.2 Å². The van der Waals surface area contributed by atoms with Gasteiger partial charge in [-0.25, -0.2) is 8.42 Å². The fourth-order valence-corrected chi connectivity index (χ4v) is 4.87. The molecule has 0 fully saturated rings. The summed E-state index contributed by atoms with van der Waals surface area (Å²) in [4.78, 5) is 12.9. The molecule has 1 heterocycles. The number of nitrogens with zero attached hydrogens (tertiary/aromatic N) is 2. The quantitative estimate of drug-likeness (QED) is 0.357. The smallest absolute Gasteiger partial charge is 0.261 e. The molecule has 32 heavy (non-hydrogen) atoms. The molecule has 1 aromatic heterocycles. The van der Waals surface area contributed by atoms with Gasteiger partial charge in [-0.05, 0) is 42.5 Å². The van der Waals surface area contributed by atoms with Crippen molar-refractivity contribution in [3.8, 4) is 10.6 Å². The fourth-order valence-electron chi connectivity index (χ4n) is 2.72. The summed E-state index contributed by atoms with van der Waals surface area (Å²) in [7, 11) is -3.81. The van der Waals surface area contributed by atoms with Crippen molar-refractivity contribution in [1.82, 2.24) is 10.2 Å². The molecular formula is C21H14Cl2N4O3S2. The summed E-state index contributed by atoms with van der Waals surface area (Å²) in [5, 5.41) is 12.3. The Balaban J connectivity index is 1.53. The lowest BCUT2D eigenvalue weighted by atomic mass is 10.2. The highest BCUT2D eigenvalue weighted by Crippen LogP contribution is 2.29. The predicted molar refractivity (Wildman–Crippen MR) is 127 cm³/mol. The van der Waals surface area contributed by atoms with E-state index in [4.69, 9.17) is 23.2 Å². The molecule has 1 amide bonds. The molecule has 4 rings (SSSR count).